The van der Waals surface area contributed by atoms with E-state index in [1.807, 2.05) is 5.38 Å². The first-order chi connectivity index (χ1) is 15.5. The van der Waals surface area contributed by atoms with Crippen LogP contribution in [0.2, 0.25) is 5.02 Å². The highest BCUT2D eigenvalue weighted by molar-refractivity contribution is 7.99. The van der Waals surface area contributed by atoms with Crippen LogP contribution in [-0.4, -0.2) is 34.3 Å². The van der Waals surface area contributed by atoms with Crippen LogP contribution in [-0.2, 0) is 9.53 Å². The van der Waals surface area contributed by atoms with Gasteiger partial charge in [0.25, 0.3) is 5.56 Å². The summed E-state index contributed by atoms with van der Waals surface area (Å²) in [7, 11) is 1.31. The summed E-state index contributed by atoms with van der Waals surface area (Å²) >= 11 is 8.46. The summed E-state index contributed by atoms with van der Waals surface area (Å²) in [6.45, 7) is 0. The molecule has 2 aromatic carbocycles. The SMILES string of the molecule is COC(=O)c1ccc(NC(=O)CSc2nc3ccsc3c(=O)n2-c2ccc(Cl)cc2)cc1. The van der Waals surface area contributed by atoms with Gasteiger partial charge < -0.3 is 10.1 Å². The molecule has 32 heavy (non-hydrogen) atoms. The van der Waals surface area contributed by atoms with Crippen molar-refractivity contribution in [1.29, 1.82) is 0 Å². The lowest BCUT2D eigenvalue weighted by Gasteiger charge is -2.12. The summed E-state index contributed by atoms with van der Waals surface area (Å²) in [4.78, 5) is 41.7. The van der Waals surface area contributed by atoms with Crippen LogP contribution in [0.5, 0.6) is 0 Å². The summed E-state index contributed by atoms with van der Waals surface area (Å²) in [5, 5.41) is 5.53. The zero-order valence-corrected chi connectivity index (χ0v) is 19.1. The Labute approximate surface area is 196 Å². The molecule has 1 N–H and O–H groups in total. The first-order valence-electron chi connectivity index (χ1n) is 9.33. The van der Waals surface area contributed by atoms with E-state index in [0.29, 0.717) is 37.3 Å². The molecule has 0 aliphatic heterocycles. The molecule has 162 valence electrons. The minimum Gasteiger partial charge on any atom is -0.465 e. The highest BCUT2D eigenvalue weighted by Gasteiger charge is 2.16. The van der Waals surface area contributed by atoms with Gasteiger partial charge in [-0.05, 0) is 60.0 Å². The van der Waals surface area contributed by atoms with Crippen molar-refractivity contribution in [3.8, 4) is 5.69 Å². The van der Waals surface area contributed by atoms with Gasteiger partial charge in [-0.25, -0.2) is 9.78 Å². The predicted molar refractivity (Wildman–Crippen MR) is 127 cm³/mol. The Bertz CT molecular complexity index is 1350. The van der Waals surface area contributed by atoms with Crippen molar-refractivity contribution < 1.29 is 14.3 Å². The molecule has 0 spiro atoms. The molecule has 0 bridgehead atoms. The topological polar surface area (TPSA) is 90.3 Å². The Balaban J connectivity index is 1.55. The Hall–Kier alpha value is -3.14. The molecule has 0 saturated heterocycles. The molecule has 0 saturated carbocycles. The van der Waals surface area contributed by atoms with Crippen LogP contribution >= 0.6 is 34.7 Å². The number of ether oxygens (including phenoxy) is 1. The second kappa shape index (κ2) is 9.56. The normalized spacial score (nSPS) is 10.8. The minimum atomic E-state index is -0.450. The molecular weight excluding hydrogens is 470 g/mol. The fourth-order valence-corrected chi connectivity index (χ4v) is 4.64. The number of methoxy groups -OCH3 is 1. The summed E-state index contributed by atoms with van der Waals surface area (Å²) in [5.41, 5.74) is 1.93. The van der Waals surface area contributed by atoms with Gasteiger partial charge in [-0.15, -0.1) is 11.3 Å². The van der Waals surface area contributed by atoms with Crippen LogP contribution < -0.4 is 10.9 Å². The van der Waals surface area contributed by atoms with Crippen LogP contribution in [0.15, 0.2) is 69.9 Å². The molecule has 0 radical (unpaired) electrons. The lowest BCUT2D eigenvalue weighted by molar-refractivity contribution is -0.113. The predicted octanol–water partition coefficient (Wildman–Crippen LogP) is 4.62. The monoisotopic (exact) mass is 485 g/mol. The standard InChI is InChI=1S/C22H16ClN3O4S2/c1-30-21(29)13-2-6-15(7-3-13)24-18(27)12-32-22-25-17-10-11-31-19(17)20(28)26(22)16-8-4-14(23)5-9-16/h2-11H,12H2,1H3,(H,24,27). The number of amides is 1. The van der Waals surface area contributed by atoms with Gasteiger partial charge in [0.05, 0.1) is 29.6 Å². The number of anilines is 1. The van der Waals surface area contributed by atoms with E-state index in [2.05, 4.69) is 15.0 Å². The van der Waals surface area contributed by atoms with Crippen molar-refractivity contribution in [1.82, 2.24) is 9.55 Å². The van der Waals surface area contributed by atoms with Gasteiger partial charge in [-0.2, -0.15) is 0 Å². The number of rotatable bonds is 6. The summed E-state index contributed by atoms with van der Waals surface area (Å²) in [6.07, 6.45) is 0. The third-order valence-electron chi connectivity index (χ3n) is 4.46. The second-order valence-electron chi connectivity index (χ2n) is 6.55. The Morgan fingerprint density at radius 2 is 1.84 bits per heavy atom. The Morgan fingerprint density at radius 1 is 1.12 bits per heavy atom. The third kappa shape index (κ3) is 4.69. The summed E-state index contributed by atoms with van der Waals surface area (Å²) in [6, 6.07) is 15.0. The van der Waals surface area contributed by atoms with E-state index in [1.165, 1.54) is 23.0 Å². The van der Waals surface area contributed by atoms with Crippen LogP contribution in [0.4, 0.5) is 5.69 Å². The largest absolute Gasteiger partial charge is 0.465 e. The molecule has 2 aromatic heterocycles. The average Bonchev–Trinajstić information content (AvgIpc) is 3.28. The minimum absolute atomic E-state index is 0.0361. The lowest BCUT2D eigenvalue weighted by Crippen LogP contribution is -2.22. The number of thioether (sulfide) groups is 1. The average molecular weight is 486 g/mol. The van der Waals surface area contributed by atoms with Crippen molar-refractivity contribution in [3.05, 3.63) is 80.9 Å². The molecular formula is C22H16ClN3O4S2. The molecule has 2 heterocycles. The van der Waals surface area contributed by atoms with Crippen LogP contribution in [0.1, 0.15) is 10.4 Å². The molecule has 4 rings (SSSR count). The summed E-state index contributed by atoms with van der Waals surface area (Å²) < 4.78 is 6.69. The maximum atomic E-state index is 13.1. The summed E-state index contributed by atoms with van der Waals surface area (Å²) in [5.74, 6) is -0.689. The number of nitrogens with one attached hydrogen (secondary N) is 1. The van der Waals surface area contributed by atoms with Crippen LogP contribution in [0.3, 0.4) is 0 Å². The molecule has 4 aromatic rings. The quantitative estimate of drug-likeness (QED) is 0.243. The molecule has 0 atom stereocenters. The maximum Gasteiger partial charge on any atom is 0.337 e. The van der Waals surface area contributed by atoms with Gasteiger partial charge >= 0.3 is 5.97 Å². The number of hydrogen-bond donors (Lipinski definition) is 1. The highest BCUT2D eigenvalue weighted by atomic mass is 35.5. The van der Waals surface area contributed by atoms with E-state index in [9.17, 15) is 14.4 Å². The molecule has 0 aliphatic carbocycles. The molecule has 0 unspecified atom stereocenters. The Kier molecular flexibility index (Phi) is 6.59. The van der Waals surface area contributed by atoms with Gasteiger partial charge in [0.2, 0.25) is 5.91 Å². The van der Waals surface area contributed by atoms with Crippen molar-refractivity contribution >= 4 is 62.5 Å². The van der Waals surface area contributed by atoms with E-state index >= 15 is 0 Å². The van der Waals surface area contributed by atoms with E-state index in [4.69, 9.17) is 11.6 Å². The second-order valence-corrected chi connectivity index (χ2v) is 8.85. The van der Waals surface area contributed by atoms with Gasteiger partial charge in [0, 0.05) is 10.7 Å². The fraction of sp³-hybridized carbons (Fsp3) is 0.0909. The number of nitrogens with zero attached hydrogens (tertiary/aromatic N) is 2. The van der Waals surface area contributed by atoms with Crippen molar-refractivity contribution in [2.24, 2.45) is 0 Å². The number of esters is 1. The Morgan fingerprint density at radius 3 is 2.53 bits per heavy atom. The first-order valence-corrected chi connectivity index (χ1v) is 11.6. The van der Waals surface area contributed by atoms with Gasteiger partial charge in [0.1, 0.15) is 4.70 Å². The van der Waals surface area contributed by atoms with E-state index in [1.54, 1.807) is 54.6 Å². The number of halogens is 1. The van der Waals surface area contributed by atoms with Crippen LogP contribution in [0.25, 0.3) is 15.9 Å². The van der Waals surface area contributed by atoms with E-state index in [0.717, 1.165) is 11.8 Å². The number of carbonyl (C=O) groups is 2. The maximum absolute atomic E-state index is 13.1. The fourth-order valence-electron chi connectivity index (χ4n) is 2.94. The zero-order valence-electron chi connectivity index (χ0n) is 16.7. The number of thiophene rings is 1. The van der Waals surface area contributed by atoms with Crippen molar-refractivity contribution in [3.63, 3.8) is 0 Å². The molecule has 0 fully saturated rings. The van der Waals surface area contributed by atoms with Crippen LogP contribution in [0, 0.1) is 0 Å². The molecule has 1 amide bonds. The van der Waals surface area contributed by atoms with E-state index in [-0.39, 0.29) is 17.2 Å². The van der Waals surface area contributed by atoms with Gasteiger partial charge in [-0.3, -0.25) is 14.2 Å². The molecule has 7 nitrogen and oxygen atoms in total. The van der Waals surface area contributed by atoms with Gasteiger partial charge in [-0.1, -0.05) is 23.4 Å². The van der Waals surface area contributed by atoms with Crippen molar-refractivity contribution in [2.45, 2.75) is 5.16 Å². The highest BCUT2D eigenvalue weighted by Crippen LogP contribution is 2.24. The smallest absolute Gasteiger partial charge is 0.337 e. The number of aromatic nitrogens is 2. The number of fused-ring (bicyclic) bond motifs is 1. The number of hydrogen-bond acceptors (Lipinski definition) is 7. The van der Waals surface area contributed by atoms with Gasteiger partial charge in [0.15, 0.2) is 5.16 Å². The first kappa shape index (κ1) is 22.1. The van der Waals surface area contributed by atoms with Crippen molar-refractivity contribution in [2.75, 3.05) is 18.2 Å². The zero-order chi connectivity index (χ0) is 22.7. The van der Waals surface area contributed by atoms with E-state index < -0.39 is 5.97 Å². The molecule has 10 heteroatoms. The molecule has 0 aliphatic rings. The third-order valence-corrected chi connectivity index (χ3v) is 6.54. The number of carbonyl (C=O) groups excluding carboxylic acids is 2. The number of benzene rings is 2. The lowest BCUT2D eigenvalue weighted by atomic mass is 10.2.